The molecule has 0 N–H and O–H groups in total. The van der Waals surface area contributed by atoms with Gasteiger partial charge in [0, 0.05) is 39.0 Å². The molecule has 7 rings (SSSR count). The maximum atomic E-state index is 6.57. The van der Waals surface area contributed by atoms with Gasteiger partial charge in [-0.05, 0) is 54.1 Å². The number of anilines is 3. The first kappa shape index (κ1) is 27.7. The summed E-state index contributed by atoms with van der Waals surface area (Å²) in [6.07, 6.45) is 1.90. The Bertz CT molecular complexity index is 1930. The molecule has 44 heavy (non-hydrogen) atoms. The van der Waals surface area contributed by atoms with Crippen LogP contribution in [0.1, 0.15) is 5.56 Å². The highest BCUT2D eigenvalue weighted by Crippen LogP contribution is 2.42. The van der Waals surface area contributed by atoms with Gasteiger partial charge in [0.1, 0.15) is 0 Å². The van der Waals surface area contributed by atoms with Crippen LogP contribution in [0.4, 0.5) is 17.1 Å². The van der Waals surface area contributed by atoms with E-state index in [-0.39, 0.29) is 0 Å². The minimum atomic E-state index is 0.508. The van der Waals surface area contributed by atoms with Crippen molar-refractivity contribution in [2.24, 2.45) is 5.10 Å². The molecular weight excluding hydrogens is 581 g/mol. The van der Waals surface area contributed by atoms with E-state index in [1.807, 2.05) is 71.6 Å². The average Bonchev–Trinajstić information content (AvgIpc) is 3.39. The second kappa shape index (κ2) is 12.3. The van der Waals surface area contributed by atoms with Crippen LogP contribution in [0.15, 0.2) is 163 Å². The summed E-state index contributed by atoms with van der Waals surface area (Å²) in [4.78, 5) is 2.24. The van der Waals surface area contributed by atoms with Crippen LogP contribution in [0.3, 0.4) is 0 Å². The molecule has 0 saturated carbocycles. The molecule has 1 aromatic heterocycles. The summed E-state index contributed by atoms with van der Waals surface area (Å²) < 4.78 is 2.01. The summed E-state index contributed by atoms with van der Waals surface area (Å²) >= 11 is 13.1. The highest BCUT2D eigenvalue weighted by atomic mass is 35.5. The maximum absolute atomic E-state index is 6.57. The van der Waals surface area contributed by atoms with Gasteiger partial charge in [0.2, 0.25) is 0 Å². The number of para-hydroxylation sites is 2. The molecule has 0 atom stereocenters. The van der Waals surface area contributed by atoms with Crippen molar-refractivity contribution < 1.29 is 0 Å². The molecule has 0 spiro atoms. The normalized spacial score (nSPS) is 11.3. The number of fused-ring (bicyclic) bond motifs is 1. The third-order valence-electron chi connectivity index (χ3n) is 7.59. The van der Waals surface area contributed by atoms with E-state index in [1.54, 1.807) is 0 Å². The summed E-state index contributed by atoms with van der Waals surface area (Å²) in [6, 6.07) is 53.6. The summed E-state index contributed by atoms with van der Waals surface area (Å²) in [5.41, 5.74) is 8.19. The van der Waals surface area contributed by atoms with Crippen LogP contribution in [0, 0.1) is 0 Å². The fraction of sp³-hybridized carbons (Fsp3) is 0. The van der Waals surface area contributed by atoms with Gasteiger partial charge in [-0.25, -0.2) is 4.68 Å². The molecule has 212 valence electrons. The predicted molar refractivity (Wildman–Crippen MR) is 187 cm³/mol. The lowest BCUT2D eigenvalue weighted by Crippen LogP contribution is -2.09. The van der Waals surface area contributed by atoms with E-state index in [0.29, 0.717) is 10.0 Å². The van der Waals surface area contributed by atoms with Crippen molar-refractivity contribution in [2.45, 2.75) is 0 Å². The van der Waals surface area contributed by atoms with Crippen LogP contribution >= 0.6 is 23.2 Å². The Labute approximate surface area is 266 Å². The number of aromatic nitrogens is 1. The minimum absolute atomic E-state index is 0.508. The number of hydrogen-bond donors (Lipinski definition) is 0. The lowest BCUT2D eigenvalue weighted by molar-refractivity contribution is 0.917. The van der Waals surface area contributed by atoms with Crippen molar-refractivity contribution in [3.05, 3.63) is 173 Å². The Morgan fingerprint density at radius 2 is 0.864 bits per heavy atom. The Morgan fingerprint density at radius 3 is 1.30 bits per heavy atom. The second-order valence-corrected chi connectivity index (χ2v) is 11.2. The summed E-state index contributed by atoms with van der Waals surface area (Å²) in [7, 11) is 0. The molecule has 0 saturated heterocycles. The Morgan fingerprint density at radius 1 is 0.477 bits per heavy atom. The van der Waals surface area contributed by atoms with Crippen molar-refractivity contribution in [3.63, 3.8) is 0 Å². The molecule has 0 aliphatic heterocycles. The summed E-state index contributed by atoms with van der Waals surface area (Å²) in [5.74, 6) is 0. The van der Waals surface area contributed by atoms with Crippen molar-refractivity contribution >= 4 is 57.3 Å². The molecule has 0 bridgehead atoms. The van der Waals surface area contributed by atoms with Crippen LogP contribution in [-0.4, -0.2) is 10.9 Å². The van der Waals surface area contributed by atoms with Gasteiger partial charge >= 0.3 is 0 Å². The maximum Gasteiger partial charge on any atom is 0.0805 e. The van der Waals surface area contributed by atoms with Gasteiger partial charge in [-0.1, -0.05) is 132 Å². The first-order valence-corrected chi connectivity index (χ1v) is 15.1. The predicted octanol–water partition coefficient (Wildman–Crippen LogP) is 11.6. The number of rotatable bonds is 7. The third kappa shape index (κ3) is 5.40. The number of hydrogen-bond acceptors (Lipinski definition) is 2. The van der Waals surface area contributed by atoms with E-state index >= 15 is 0 Å². The standard InChI is InChI=1S/C39H27Cl2N3/c40-36-25-34-35(26-37(36)41)39(30-15-7-2-8-16-30)44(38(34)29-13-5-1-6-14-29)42-27-28-21-23-33(24-22-28)43(31-17-9-3-10-18-31)32-19-11-4-12-20-32/h1-27H. The first-order chi connectivity index (χ1) is 21.7. The largest absolute Gasteiger partial charge is 0.311 e. The van der Waals surface area contributed by atoms with E-state index in [4.69, 9.17) is 28.3 Å². The Hall–Kier alpha value is -5.09. The SMILES string of the molecule is Clc1cc2c(-c3ccccc3)n(N=Cc3ccc(N(c4ccccc4)c4ccccc4)cc3)c(-c3ccccc3)c2cc1Cl. The van der Waals surface area contributed by atoms with Crippen LogP contribution in [0.5, 0.6) is 0 Å². The van der Waals surface area contributed by atoms with Gasteiger partial charge < -0.3 is 4.90 Å². The first-order valence-electron chi connectivity index (χ1n) is 14.4. The van der Waals surface area contributed by atoms with Crippen LogP contribution < -0.4 is 4.90 Å². The smallest absolute Gasteiger partial charge is 0.0805 e. The van der Waals surface area contributed by atoms with E-state index in [9.17, 15) is 0 Å². The fourth-order valence-electron chi connectivity index (χ4n) is 5.58. The Kier molecular flexibility index (Phi) is 7.72. The van der Waals surface area contributed by atoms with Gasteiger partial charge in [-0.2, -0.15) is 5.10 Å². The summed E-state index contributed by atoms with van der Waals surface area (Å²) in [6.45, 7) is 0. The molecule has 0 aliphatic rings. The topological polar surface area (TPSA) is 20.5 Å². The van der Waals surface area contributed by atoms with Crippen LogP contribution in [0.25, 0.3) is 33.3 Å². The highest BCUT2D eigenvalue weighted by molar-refractivity contribution is 6.43. The van der Waals surface area contributed by atoms with Gasteiger partial charge in [0.15, 0.2) is 0 Å². The molecule has 0 fully saturated rings. The zero-order valence-corrected chi connectivity index (χ0v) is 25.2. The average molecular weight is 609 g/mol. The number of nitrogens with zero attached hydrogens (tertiary/aromatic N) is 3. The van der Waals surface area contributed by atoms with Gasteiger partial charge in [-0.3, -0.25) is 0 Å². The molecule has 7 aromatic rings. The zero-order valence-electron chi connectivity index (χ0n) is 23.7. The molecule has 0 unspecified atom stereocenters. The quantitative estimate of drug-likeness (QED) is 0.165. The number of benzene rings is 6. The molecule has 3 nitrogen and oxygen atoms in total. The Balaban J connectivity index is 1.35. The molecule has 5 heteroatoms. The van der Waals surface area contributed by atoms with Crippen LogP contribution in [0.2, 0.25) is 10.0 Å². The van der Waals surface area contributed by atoms with Crippen LogP contribution in [-0.2, 0) is 0 Å². The lowest BCUT2D eigenvalue weighted by Gasteiger charge is -2.25. The third-order valence-corrected chi connectivity index (χ3v) is 8.31. The molecular formula is C39H27Cl2N3. The van der Waals surface area contributed by atoms with Gasteiger partial charge in [0.25, 0.3) is 0 Å². The van der Waals surface area contributed by atoms with E-state index in [2.05, 4.69) is 102 Å². The van der Waals surface area contributed by atoms with Crippen molar-refractivity contribution in [1.29, 1.82) is 0 Å². The molecule has 6 aromatic carbocycles. The van der Waals surface area contributed by atoms with E-state index in [0.717, 1.165) is 55.9 Å². The molecule has 0 aliphatic carbocycles. The van der Waals surface area contributed by atoms with Crippen molar-refractivity contribution in [1.82, 2.24) is 4.68 Å². The van der Waals surface area contributed by atoms with E-state index < -0.39 is 0 Å². The monoisotopic (exact) mass is 607 g/mol. The van der Waals surface area contributed by atoms with E-state index in [1.165, 1.54) is 0 Å². The van der Waals surface area contributed by atoms with Crippen molar-refractivity contribution in [3.8, 4) is 22.5 Å². The lowest BCUT2D eigenvalue weighted by atomic mass is 10.0. The molecule has 1 heterocycles. The van der Waals surface area contributed by atoms with Gasteiger partial charge in [-0.15, -0.1) is 0 Å². The van der Waals surface area contributed by atoms with Crippen molar-refractivity contribution in [2.75, 3.05) is 4.90 Å². The fourth-order valence-corrected chi connectivity index (χ4v) is 5.90. The second-order valence-electron chi connectivity index (χ2n) is 10.4. The molecule has 0 radical (unpaired) electrons. The van der Waals surface area contributed by atoms with Gasteiger partial charge in [0.05, 0.1) is 27.6 Å². The summed E-state index contributed by atoms with van der Waals surface area (Å²) in [5, 5.41) is 8.09. The zero-order chi connectivity index (χ0) is 29.9. The minimum Gasteiger partial charge on any atom is -0.311 e. The highest BCUT2D eigenvalue weighted by Gasteiger charge is 2.21. The number of halogens is 2. The molecule has 0 amide bonds.